The molecule has 1 amide bonds. The Hall–Kier alpha value is -6.82. The molecule has 242 valence electrons. The largest absolute Gasteiger partial charge is 0.469 e. The number of H-pyrrole nitrogens is 1. The van der Waals surface area contributed by atoms with Crippen molar-refractivity contribution in [3.05, 3.63) is 143 Å². The minimum Gasteiger partial charge on any atom is -0.469 e. The molecule has 0 aliphatic heterocycles. The molecule has 0 fully saturated rings. The van der Waals surface area contributed by atoms with Crippen molar-refractivity contribution >= 4 is 28.9 Å². The van der Waals surface area contributed by atoms with Crippen LogP contribution in [0, 0.1) is 0 Å². The molecule has 4 N–H and O–H groups in total. The molecular formula is C37H30N8O4. The Morgan fingerprint density at radius 1 is 0.878 bits per heavy atom. The summed E-state index contributed by atoms with van der Waals surface area (Å²) < 4.78 is 7.93. The third-order valence-corrected chi connectivity index (χ3v) is 8.02. The van der Waals surface area contributed by atoms with E-state index in [-0.39, 0.29) is 24.4 Å². The minimum absolute atomic E-state index is 0.0501. The fourth-order valence-corrected chi connectivity index (χ4v) is 5.52. The number of hydrogen-bond acceptors (Lipinski definition) is 8. The fourth-order valence-electron chi connectivity index (χ4n) is 5.52. The van der Waals surface area contributed by atoms with Crippen LogP contribution in [0.3, 0.4) is 0 Å². The molecule has 0 atom stereocenters. The Balaban J connectivity index is 1.11. The van der Waals surface area contributed by atoms with E-state index in [2.05, 4.69) is 20.1 Å². The summed E-state index contributed by atoms with van der Waals surface area (Å²) in [5.41, 5.74) is 12.9. The summed E-state index contributed by atoms with van der Waals surface area (Å²) in [6.07, 6.45) is 1.59. The van der Waals surface area contributed by atoms with Crippen LogP contribution in [0.5, 0.6) is 0 Å². The monoisotopic (exact) mass is 650 g/mol. The van der Waals surface area contributed by atoms with Crippen molar-refractivity contribution in [2.24, 2.45) is 0 Å². The third-order valence-electron chi connectivity index (χ3n) is 8.02. The number of aromatic nitrogens is 6. The molecule has 12 nitrogen and oxygen atoms in total. The highest BCUT2D eigenvalue weighted by Crippen LogP contribution is 2.31. The molecule has 0 unspecified atom stereocenters. The Morgan fingerprint density at radius 2 is 1.63 bits per heavy atom. The Kier molecular flexibility index (Phi) is 8.25. The van der Waals surface area contributed by atoms with Crippen molar-refractivity contribution in [2.45, 2.75) is 13.0 Å². The predicted octanol–water partition coefficient (Wildman–Crippen LogP) is 4.86. The lowest BCUT2D eigenvalue weighted by molar-refractivity contribution is -0.139. The summed E-state index contributed by atoms with van der Waals surface area (Å²) >= 11 is 0. The second-order valence-electron chi connectivity index (χ2n) is 11.2. The van der Waals surface area contributed by atoms with Gasteiger partial charge < -0.3 is 15.8 Å². The molecule has 4 aromatic heterocycles. The lowest BCUT2D eigenvalue weighted by Gasteiger charge is -2.12. The van der Waals surface area contributed by atoms with E-state index in [0.717, 1.165) is 22.5 Å². The van der Waals surface area contributed by atoms with E-state index >= 15 is 0 Å². The average molecular weight is 651 g/mol. The van der Waals surface area contributed by atoms with Gasteiger partial charge in [0.2, 0.25) is 0 Å². The molecule has 7 rings (SSSR count). The first-order chi connectivity index (χ1) is 23.9. The number of rotatable bonds is 9. The quantitative estimate of drug-likeness (QED) is 0.187. The molecule has 0 saturated carbocycles. The highest BCUT2D eigenvalue weighted by molar-refractivity contribution is 5.94. The van der Waals surface area contributed by atoms with Crippen molar-refractivity contribution in [3.8, 4) is 34.0 Å². The summed E-state index contributed by atoms with van der Waals surface area (Å²) in [6.45, 7) is 0.289. The number of nitrogens with two attached hydrogens (primary N) is 1. The number of methoxy groups -OCH3 is 1. The number of carbonyl (C=O) groups excluding carboxylic acids is 2. The summed E-state index contributed by atoms with van der Waals surface area (Å²) in [6, 6.07) is 33.2. The summed E-state index contributed by atoms with van der Waals surface area (Å²) in [5.74, 6) is 0.245. The van der Waals surface area contributed by atoms with Gasteiger partial charge in [-0.2, -0.15) is 0 Å². The number of amides is 1. The molecular weight excluding hydrogens is 620 g/mol. The molecule has 7 aromatic rings. The van der Waals surface area contributed by atoms with Crippen molar-refractivity contribution in [3.63, 3.8) is 0 Å². The van der Waals surface area contributed by atoms with Gasteiger partial charge in [0.1, 0.15) is 11.3 Å². The van der Waals surface area contributed by atoms with Crippen LogP contribution in [-0.4, -0.2) is 48.3 Å². The zero-order chi connectivity index (χ0) is 33.9. The van der Waals surface area contributed by atoms with Crippen LogP contribution in [0.25, 0.3) is 45.2 Å². The molecule has 0 saturated heterocycles. The van der Waals surface area contributed by atoms with Crippen molar-refractivity contribution in [1.82, 2.24) is 34.6 Å². The van der Waals surface area contributed by atoms with Crippen LogP contribution >= 0.6 is 0 Å². The number of aromatic amines is 1. The fraction of sp³-hybridized carbons (Fsp3) is 0.0811. The maximum absolute atomic E-state index is 13.0. The Labute approximate surface area is 279 Å². The first kappa shape index (κ1) is 30.8. The standard InChI is InChI=1S/C37H30N8O4/c1-49-33(47)21-26-20-32(46)45(43-26)28-15-11-25(12-16-28)37(48)40-22-23-9-13-27(14-10-23)44-35(29-8-5-19-39-34(29)38)42-31-18-17-30(41-36(31)44)24-6-3-2-4-7-24/h2-20,43H,21-22H2,1H3,(H2,38,39)(H,40,48). The normalized spacial score (nSPS) is 11.0. The number of hydrogen-bond donors (Lipinski definition) is 3. The molecule has 3 aromatic carbocycles. The number of esters is 1. The van der Waals surface area contributed by atoms with E-state index in [1.807, 2.05) is 83.4 Å². The zero-order valence-corrected chi connectivity index (χ0v) is 26.3. The van der Waals surface area contributed by atoms with Gasteiger partial charge in [0.25, 0.3) is 11.5 Å². The van der Waals surface area contributed by atoms with Gasteiger partial charge in [-0.15, -0.1) is 0 Å². The van der Waals surface area contributed by atoms with Crippen molar-refractivity contribution in [2.75, 3.05) is 12.8 Å². The highest BCUT2D eigenvalue weighted by Gasteiger charge is 2.19. The number of anilines is 1. The van der Waals surface area contributed by atoms with E-state index in [4.69, 9.17) is 15.7 Å². The average Bonchev–Trinajstić information content (AvgIpc) is 3.70. The van der Waals surface area contributed by atoms with E-state index in [9.17, 15) is 14.4 Å². The van der Waals surface area contributed by atoms with Gasteiger partial charge in [0, 0.05) is 41.3 Å². The smallest absolute Gasteiger partial charge is 0.311 e. The molecule has 4 heterocycles. The molecule has 12 heteroatoms. The van der Waals surface area contributed by atoms with Crippen molar-refractivity contribution in [1.29, 1.82) is 0 Å². The first-order valence-corrected chi connectivity index (χ1v) is 15.4. The van der Waals surface area contributed by atoms with Gasteiger partial charge in [-0.1, -0.05) is 42.5 Å². The van der Waals surface area contributed by atoms with Crippen LogP contribution in [0.2, 0.25) is 0 Å². The number of benzene rings is 3. The third kappa shape index (κ3) is 6.30. The number of imidazole rings is 1. The highest BCUT2D eigenvalue weighted by atomic mass is 16.5. The number of nitrogens with zero attached hydrogens (tertiary/aromatic N) is 5. The van der Waals surface area contributed by atoms with Gasteiger partial charge in [-0.3, -0.25) is 24.0 Å². The van der Waals surface area contributed by atoms with Gasteiger partial charge in [-0.25, -0.2) is 19.6 Å². The second-order valence-corrected chi connectivity index (χ2v) is 11.2. The van der Waals surface area contributed by atoms with E-state index < -0.39 is 5.97 Å². The molecule has 0 radical (unpaired) electrons. The molecule has 0 aliphatic rings. The summed E-state index contributed by atoms with van der Waals surface area (Å²) in [7, 11) is 1.29. The van der Waals surface area contributed by atoms with E-state index in [1.165, 1.54) is 17.9 Å². The summed E-state index contributed by atoms with van der Waals surface area (Å²) in [5, 5.41) is 5.84. The van der Waals surface area contributed by atoms with Gasteiger partial charge in [0.15, 0.2) is 11.5 Å². The zero-order valence-electron chi connectivity index (χ0n) is 26.3. The first-order valence-electron chi connectivity index (χ1n) is 15.4. The molecule has 0 bridgehead atoms. The van der Waals surface area contributed by atoms with Crippen LogP contribution < -0.4 is 16.6 Å². The molecule has 49 heavy (non-hydrogen) atoms. The van der Waals surface area contributed by atoms with E-state index in [1.54, 1.807) is 30.5 Å². The Bertz CT molecular complexity index is 2360. The second kappa shape index (κ2) is 13.1. The maximum atomic E-state index is 13.0. The predicted molar refractivity (Wildman–Crippen MR) is 185 cm³/mol. The van der Waals surface area contributed by atoms with Crippen molar-refractivity contribution < 1.29 is 14.3 Å². The number of nitrogens with one attached hydrogen (secondary N) is 2. The minimum atomic E-state index is -0.459. The van der Waals surface area contributed by atoms with Gasteiger partial charge in [-0.05, 0) is 66.2 Å². The van der Waals surface area contributed by atoms with Crippen LogP contribution in [0.1, 0.15) is 21.6 Å². The molecule has 0 aliphatic carbocycles. The van der Waals surface area contributed by atoms with Crippen LogP contribution in [-0.2, 0) is 22.5 Å². The van der Waals surface area contributed by atoms with Crippen LogP contribution in [0.15, 0.2) is 120 Å². The number of ether oxygens (including phenoxy) is 1. The van der Waals surface area contributed by atoms with Gasteiger partial charge >= 0.3 is 5.97 Å². The number of carbonyl (C=O) groups is 2. The summed E-state index contributed by atoms with van der Waals surface area (Å²) in [4.78, 5) is 51.2. The lowest BCUT2D eigenvalue weighted by atomic mass is 10.1. The van der Waals surface area contributed by atoms with E-state index in [0.29, 0.717) is 45.3 Å². The number of nitrogen functional groups attached to an aromatic ring is 1. The molecule has 0 spiro atoms. The number of fused-ring (bicyclic) bond motifs is 1. The Morgan fingerprint density at radius 3 is 2.37 bits per heavy atom. The topological polar surface area (TPSA) is 163 Å². The lowest BCUT2D eigenvalue weighted by Crippen LogP contribution is -2.23. The maximum Gasteiger partial charge on any atom is 0.311 e. The van der Waals surface area contributed by atoms with Gasteiger partial charge in [0.05, 0.1) is 30.5 Å². The number of pyridine rings is 2. The van der Waals surface area contributed by atoms with Crippen LogP contribution in [0.4, 0.5) is 5.82 Å². The SMILES string of the molecule is COC(=O)Cc1cc(=O)n(-c2ccc(C(=O)NCc3ccc(-n4c(-c5cccnc5N)nc5ccc(-c6ccccc6)nc54)cc3)cc2)[nH]1.